The van der Waals surface area contributed by atoms with Crippen LogP contribution in [0.25, 0.3) is 0 Å². The molecule has 0 aliphatic carbocycles. The van der Waals surface area contributed by atoms with Gasteiger partial charge in [0.15, 0.2) is 0 Å². The normalized spacial score (nSPS) is 14.2. The van der Waals surface area contributed by atoms with Gasteiger partial charge in [-0.1, -0.05) is 0 Å². The van der Waals surface area contributed by atoms with Crippen LogP contribution in [0.1, 0.15) is 18.9 Å². The van der Waals surface area contributed by atoms with Gasteiger partial charge >= 0.3 is 0 Å². The van der Waals surface area contributed by atoms with E-state index in [9.17, 15) is 4.79 Å². The summed E-state index contributed by atoms with van der Waals surface area (Å²) in [5.41, 5.74) is 1.09. The molecule has 0 spiro atoms. The molecule has 0 bridgehead atoms. The summed E-state index contributed by atoms with van der Waals surface area (Å²) in [6.07, 6.45) is 6.01. The SMILES string of the molecule is CSC(CO)C(C)NC(=O)CCn1cc(C)cn1. The number of nitrogens with one attached hydrogen (secondary N) is 1. The van der Waals surface area contributed by atoms with E-state index >= 15 is 0 Å². The van der Waals surface area contributed by atoms with Gasteiger partial charge in [0.25, 0.3) is 0 Å². The Bertz CT molecular complexity index is 377. The van der Waals surface area contributed by atoms with Gasteiger partial charge < -0.3 is 10.4 Å². The van der Waals surface area contributed by atoms with Crippen LogP contribution in [0.15, 0.2) is 12.4 Å². The zero-order valence-corrected chi connectivity index (χ0v) is 11.9. The van der Waals surface area contributed by atoms with Gasteiger partial charge in [0.05, 0.1) is 12.8 Å². The maximum Gasteiger partial charge on any atom is 0.222 e. The van der Waals surface area contributed by atoms with Gasteiger partial charge in [-0.15, -0.1) is 0 Å². The molecule has 1 heterocycles. The number of aliphatic hydroxyl groups is 1. The molecule has 1 aromatic rings. The van der Waals surface area contributed by atoms with E-state index in [-0.39, 0.29) is 23.8 Å². The van der Waals surface area contributed by atoms with Crippen molar-refractivity contribution in [3.05, 3.63) is 18.0 Å². The van der Waals surface area contributed by atoms with Crippen molar-refractivity contribution >= 4 is 17.7 Å². The van der Waals surface area contributed by atoms with Gasteiger partial charge in [0.1, 0.15) is 0 Å². The van der Waals surface area contributed by atoms with Crippen LogP contribution < -0.4 is 5.32 Å². The first-order chi connectivity index (χ1) is 8.56. The second-order valence-electron chi connectivity index (χ2n) is 4.34. The lowest BCUT2D eigenvalue weighted by Crippen LogP contribution is -2.41. The molecule has 2 N–H and O–H groups in total. The number of carbonyl (C=O) groups is 1. The molecule has 5 nitrogen and oxygen atoms in total. The molecule has 0 aliphatic heterocycles. The molecule has 2 atom stereocenters. The Balaban J connectivity index is 2.33. The van der Waals surface area contributed by atoms with Crippen LogP contribution in [-0.4, -0.2) is 44.9 Å². The summed E-state index contributed by atoms with van der Waals surface area (Å²) in [5, 5.41) is 16.2. The smallest absolute Gasteiger partial charge is 0.222 e. The zero-order chi connectivity index (χ0) is 13.5. The van der Waals surface area contributed by atoms with Crippen LogP contribution in [0.4, 0.5) is 0 Å². The number of aromatic nitrogens is 2. The first-order valence-corrected chi connectivity index (χ1v) is 7.27. The number of aryl methyl sites for hydroxylation is 2. The molecule has 1 rings (SSSR count). The third-order valence-electron chi connectivity index (χ3n) is 2.76. The molecule has 1 amide bonds. The highest BCUT2D eigenvalue weighted by molar-refractivity contribution is 7.99. The zero-order valence-electron chi connectivity index (χ0n) is 11.1. The fourth-order valence-corrected chi connectivity index (χ4v) is 2.29. The average Bonchev–Trinajstić information content (AvgIpc) is 2.74. The minimum absolute atomic E-state index is 0.0110. The molecule has 102 valence electrons. The number of carbonyl (C=O) groups excluding carboxylic acids is 1. The Morgan fingerprint density at radius 2 is 2.39 bits per heavy atom. The van der Waals surface area contributed by atoms with Crippen LogP contribution >= 0.6 is 11.8 Å². The van der Waals surface area contributed by atoms with Crippen LogP contribution in [0, 0.1) is 6.92 Å². The molecular weight excluding hydrogens is 250 g/mol. The molecule has 2 unspecified atom stereocenters. The standard InChI is InChI=1S/C12H21N3O2S/c1-9-6-13-15(7-9)5-4-12(17)14-10(2)11(8-16)18-3/h6-7,10-11,16H,4-5,8H2,1-3H3,(H,14,17). The fourth-order valence-electron chi connectivity index (χ4n) is 1.66. The van der Waals surface area contributed by atoms with E-state index in [0.717, 1.165) is 5.56 Å². The molecule has 0 saturated heterocycles. The Morgan fingerprint density at radius 1 is 1.67 bits per heavy atom. The van der Waals surface area contributed by atoms with Gasteiger partial charge in [-0.3, -0.25) is 9.48 Å². The van der Waals surface area contributed by atoms with E-state index in [1.165, 1.54) is 0 Å². The minimum Gasteiger partial charge on any atom is -0.395 e. The first kappa shape index (κ1) is 15.0. The monoisotopic (exact) mass is 271 g/mol. The van der Waals surface area contributed by atoms with E-state index in [2.05, 4.69) is 10.4 Å². The second kappa shape index (κ2) is 7.43. The predicted molar refractivity (Wildman–Crippen MR) is 73.6 cm³/mol. The lowest BCUT2D eigenvalue weighted by atomic mass is 10.2. The summed E-state index contributed by atoms with van der Waals surface area (Å²) in [5.74, 6) is -0.0110. The first-order valence-electron chi connectivity index (χ1n) is 5.99. The van der Waals surface area contributed by atoms with Crippen molar-refractivity contribution in [3.63, 3.8) is 0 Å². The van der Waals surface area contributed by atoms with E-state index in [1.807, 2.05) is 26.3 Å². The average molecular weight is 271 g/mol. The van der Waals surface area contributed by atoms with E-state index in [4.69, 9.17) is 5.11 Å². The van der Waals surface area contributed by atoms with Crippen molar-refractivity contribution in [2.45, 2.75) is 38.1 Å². The van der Waals surface area contributed by atoms with Crippen LogP contribution in [-0.2, 0) is 11.3 Å². The van der Waals surface area contributed by atoms with E-state index in [1.54, 1.807) is 22.6 Å². The van der Waals surface area contributed by atoms with E-state index < -0.39 is 0 Å². The molecular formula is C12H21N3O2S. The van der Waals surface area contributed by atoms with Gasteiger partial charge in [-0.2, -0.15) is 16.9 Å². The maximum absolute atomic E-state index is 11.7. The van der Waals surface area contributed by atoms with Gasteiger partial charge in [0, 0.05) is 30.5 Å². The molecule has 6 heteroatoms. The molecule has 0 radical (unpaired) electrons. The highest BCUT2D eigenvalue weighted by Gasteiger charge is 2.17. The highest BCUT2D eigenvalue weighted by atomic mass is 32.2. The number of nitrogens with zero attached hydrogens (tertiary/aromatic N) is 2. The van der Waals surface area contributed by atoms with Gasteiger partial charge in [-0.25, -0.2) is 0 Å². The third-order valence-corrected chi connectivity index (χ3v) is 3.92. The quantitative estimate of drug-likeness (QED) is 0.770. The largest absolute Gasteiger partial charge is 0.395 e. The number of hydrogen-bond donors (Lipinski definition) is 2. The molecule has 18 heavy (non-hydrogen) atoms. The van der Waals surface area contributed by atoms with E-state index in [0.29, 0.717) is 13.0 Å². The van der Waals surface area contributed by atoms with Crippen molar-refractivity contribution in [1.82, 2.24) is 15.1 Å². The Hall–Kier alpha value is -1.01. The number of aliphatic hydroxyl groups excluding tert-OH is 1. The van der Waals surface area contributed by atoms with Crippen LogP contribution in [0.3, 0.4) is 0 Å². The second-order valence-corrected chi connectivity index (χ2v) is 5.42. The van der Waals surface area contributed by atoms with Crippen LogP contribution in [0.2, 0.25) is 0 Å². The fraction of sp³-hybridized carbons (Fsp3) is 0.667. The highest BCUT2D eigenvalue weighted by Crippen LogP contribution is 2.10. The summed E-state index contributed by atoms with van der Waals surface area (Å²) in [4.78, 5) is 11.7. The van der Waals surface area contributed by atoms with Crippen molar-refractivity contribution in [2.75, 3.05) is 12.9 Å². The lowest BCUT2D eigenvalue weighted by Gasteiger charge is -2.21. The molecule has 0 fully saturated rings. The molecule has 0 aromatic carbocycles. The number of amides is 1. The summed E-state index contributed by atoms with van der Waals surface area (Å²) in [6, 6.07) is -0.0307. The number of rotatable bonds is 7. The molecule has 1 aromatic heterocycles. The van der Waals surface area contributed by atoms with Crippen molar-refractivity contribution in [1.29, 1.82) is 0 Å². The number of hydrogen-bond acceptors (Lipinski definition) is 4. The lowest BCUT2D eigenvalue weighted by molar-refractivity contribution is -0.122. The minimum atomic E-state index is -0.0307. The predicted octanol–water partition coefficient (Wildman–Crippen LogP) is 0.810. The Kier molecular flexibility index (Phi) is 6.21. The van der Waals surface area contributed by atoms with Gasteiger partial charge in [0.2, 0.25) is 5.91 Å². The topological polar surface area (TPSA) is 67.2 Å². The van der Waals surface area contributed by atoms with Crippen molar-refractivity contribution in [3.8, 4) is 0 Å². The summed E-state index contributed by atoms with van der Waals surface area (Å²) in [7, 11) is 0. The summed E-state index contributed by atoms with van der Waals surface area (Å²) >= 11 is 1.56. The third kappa shape index (κ3) is 4.70. The Labute approximate surface area is 112 Å². The Morgan fingerprint density at radius 3 is 2.89 bits per heavy atom. The maximum atomic E-state index is 11.7. The van der Waals surface area contributed by atoms with Gasteiger partial charge in [-0.05, 0) is 25.7 Å². The van der Waals surface area contributed by atoms with Crippen molar-refractivity contribution in [2.24, 2.45) is 0 Å². The van der Waals surface area contributed by atoms with Crippen molar-refractivity contribution < 1.29 is 9.90 Å². The number of thioether (sulfide) groups is 1. The van der Waals surface area contributed by atoms with Crippen LogP contribution in [0.5, 0.6) is 0 Å². The summed E-state index contributed by atoms with van der Waals surface area (Å²) in [6.45, 7) is 4.53. The summed E-state index contributed by atoms with van der Waals surface area (Å²) < 4.78 is 1.76. The molecule has 0 saturated carbocycles. The molecule has 0 aliphatic rings.